The Morgan fingerprint density at radius 2 is 2.39 bits per heavy atom. The zero-order valence-corrected chi connectivity index (χ0v) is 12.6. The average Bonchev–Trinajstić information content (AvgIpc) is 2.89. The van der Waals surface area contributed by atoms with Gasteiger partial charge in [0.25, 0.3) is 0 Å². The summed E-state index contributed by atoms with van der Waals surface area (Å²) in [5, 5.41) is 3.29. The van der Waals surface area contributed by atoms with Crippen LogP contribution in [-0.4, -0.2) is 48.0 Å². The Balaban J connectivity index is 1.70. The third-order valence-corrected chi connectivity index (χ3v) is 4.22. The average molecular weight is 267 g/mol. The van der Waals surface area contributed by atoms with Crippen LogP contribution >= 0.6 is 11.3 Å². The molecule has 1 fully saturated rings. The van der Waals surface area contributed by atoms with Gasteiger partial charge >= 0.3 is 0 Å². The standard InChI is InChI=1S/C14H25N3S/c1-12(2)8-17-6-4-13(10-17)9-16(3)11-14-15-5-7-18-14/h5,7,12-13H,4,6,8-11H2,1-3H3. The summed E-state index contributed by atoms with van der Waals surface area (Å²) in [7, 11) is 2.21. The fraction of sp³-hybridized carbons (Fsp3) is 0.786. The van der Waals surface area contributed by atoms with Gasteiger partial charge in [0.1, 0.15) is 5.01 Å². The summed E-state index contributed by atoms with van der Waals surface area (Å²) in [4.78, 5) is 9.39. The molecule has 0 aromatic carbocycles. The van der Waals surface area contributed by atoms with Crippen LogP contribution in [0.15, 0.2) is 11.6 Å². The van der Waals surface area contributed by atoms with E-state index in [0.29, 0.717) is 0 Å². The van der Waals surface area contributed by atoms with Crippen molar-refractivity contribution >= 4 is 11.3 Å². The molecule has 102 valence electrons. The smallest absolute Gasteiger partial charge is 0.107 e. The van der Waals surface area contributed by atoms with E-state index >= 15 is 0 Å². The van der Waals surface area contributed by atoms with Crippen molar-refractivity contribution in [3.05, 3.63) is 16.6 Å². The van der Waals surface area contributed by atoms with Crippen LogP contribution in [0, 0.1) is 11.8 Å². The van der Waals surface area contributed by atoms with Crippen molar-refractivity contribution in [1.82, 2.24) is 14.8 Å². The van der Waals surface area contributed by atoms with Crippen LogP contribution in [0.4, 0.5) is 0 Å². The van der Waals surface area contributed by atoms with Crippen LogP contribution in [0.1, 0.15) is 25.3 Å². The van der Waals surface area contributed by atoms with Gasteiger partial charge in [-0.2, -0.15) is 0 Å². The molecule has 0 N–H and O–H groups in total. The number of hydrogen-bond acceptors (Lipinski definition) is 4. The molecule has 0 saturated carbocycles. The third kappa shape index (κ3) is 4.34. The first-order chi connectivity index (χ1) is 8.63. The van der Waals surface area contributed by atoms with Gasteiger partial charge in [0.2, 0.25) is 0 Å². The maximum absolute atomic E-state index is 4.35. The second kappa shape index (κ2) is 6.64. The second-order valence-corrected chi connectivity index (χ2v) is 6.91. The third-order valence-electron chi connectivity index (χ3n) is 3.45. The molecule has 1 aliphatic heterocycles. The number of rotatable bonds is 6. The Morgan fingerprint density at radius 3 is 3.06 bits per heavy atom. The normalized spacial score (nSPS) is 21.3. The van der Waals surface area contributed by atoms with Crippen LogP contribution in [0.5, 0.6) is 0 Å². The highest BCUT2D eigenvalue weighted by atomic mass is 32.1. The van der Waals surface area contributed by atoms with Gasteiger partial charge in [0, 0.05) is 31.2 Å². The molecule has 2 heterocycles. The van der Waals surface area contributed by atoms with Crippen molar-refractivity contribution in [2.24, 2.45) is 11.8 Å². The molecular weight excluding hydrogens is 242 g/mol. The SMILES string of the molecule is CC(C)CN1CCC(CN(C)Cc2nccs2)C1. The van der Waals surface area contributed by atoms with Gasteiger partial charge in [0.05, 0.1) is 6.54 Å². The van der Waals surface area contributed by atoms with E-state index in [1.807, 2.05) is 6.20 Å². The summed E-state index contributed by atoms with van der Waals surface area (Å²) in [6, 6.07) is 0. The molecule has 0 amide bonds. The number of likely N-dealkylation sites (tertiary alicyclic amines) is 1. The molecule has 0 radical (unpaired) electrons. The molecule has 4 heteroatoms. The fourth-order valence-corrected chi connectivity index (χ4v) is 3.51. The zero-order valence-electron chi connectivity index (χ0n) is 11.8. The van der Waals surface area contributed by atoms with Crippen LogP contribution in [0.2, 0.25) is 0 Å². The predicted molar refractivity (Wildman–Crippen MR) is 77.8 cm³/mol. The molecule has 1 unspecified atom stereocenters. The van der Waals surface area contributed by atoms with E-state index in [9.17, 15) is 0 Å². The van der Waals surface area contributed by atoms with Crippen molar-refractivity contribution in [1.29, 1.82) is 0 Å². The second-order valence-electron chi connectivity index (χ2n) is 5.93. The van der Waals surface area contributed by atoms with Crippen LogP contribution in [0.3, 0.4) is 0 Å². The van der Waals surface area contributed by atoms with Crippen molar-refractivity contribution in [2.45, 2.75) is 26.8 Å². The van der Waals surface area contributed by atoms with E-state index in [2.05, 4.69) is 41.1 Å². The summed E-state index contributed by atoms with van der Waals surface area (Å²) in [5.41, 5.74) is 0. The number of aromatic nitrogens is 1. The molecule has 0 aliphatic carbocycles. The molecule has 0 bridgehead atoms. The molecule has 2 rings (SSSR count). The monoisotopic (exact) mass is 267 g/mol. The van der Waals surface area contributed by atoms with E-state index < -0.39 is 0 Å². The Labute approximate surface area is 115 Å². The summed E-state index contributed by atoms with van der Waals surface area (Å²) in [6.07, 6.45) is 3.25. The summed E-state index contributed by atoms with van der Waals surface area (Å²) < 4.78 is 0. The first-order valence-corrected chi connectivity index (χ1v) is 7.80. The quantitative estimate of drug-likeness (QED) is 0.789. The molecule has 1 saturated heterocycles. The Hall–Kier alpha value is -0.450. The van der Waals surface area contributed by atoms with E-state index in [4.69, 9.17) is 0 Å². The lowest BCUT2D eigenvalue weighted by atomic mass is 10.1. The fourth-order valence-electron chi connectivity index (χ4n) is 2.81. The zero-order chi connectivity index (χ0) is 13.0. The minimum absolute atomic E-state index is 0.789. The van der Waals surface area contributed by atoms with Crippen molar-refractivity contribution in [2.75, 3.05) is 33.2 Å². The van der Waals surface area contributed by atoms with Gasteiger partial charge in [-0.05, 0) is 31.8 Å². The van der Waals surface area contributed by atoms with Crippen LogP contribution in [-0.2, 0) is 6.54 Å². The number of thiazole rings is 1. The Bertz CT molecular complexity index is 337. The minimum Gasteiger partial charge on any atom is -0.303 e. The number of hydrogen-bond donors (Lipinski definition) is 0. The van der Waals surface area contributed by atoms with E-state index in [0.717, 1.165) is 18.4 Å². The van der Waals surface area contributed by atoms with Gasteiger partial charge in [-0.3, -0.25) is 4.90 Å². The van der Waals surface area contributed by atoms with Crippen LogP contribution in [0.25, 0.3) is 0 Å². The van der Waals surface area contributed by atoms with E-state index in [1.165, 1.54) is 37.6 Å². The van der Waals surface area contributed by atoms with Crippen molar-refractivity contribution in [3.63, 3.8) is 0 Å². The lowest BCUT2D eigenvalue weighted by Crippen LogP contribution is -2.29. The minimum atomic E-state index is 0.789. The highest BCUT2D eigenvalue weighted by Gasteiger charge is 2.23. The Kier molecular flexibility index (Phi) is 5.15. The highest BCUT2D eigenvalue weighted by Crippen LogP contribution is 2.19. The van der Waals surface area contributed by atoms with Crippen molar-refractivity contribution < 1.29 is 0 Å². The van der Waals surface area contributed by atoms with Gasteiger partial charge in [0.15, 0.2) is 0 Å². The summed E-state index contributed by atoms with van der Waals surface area (Å²) in [6.45, 7) is 10.6. The van der Waals surface area contributed by atoms with Gasteiger partial charge < -0.3 is 4.90 Å². The van der Waals surface area contributed by atoms with Gasteiger partial charge in [-0.1, -0.05) is 13.8 Å². The van der Waals surface area contributed by atoms with Crippen LogP contribution < -0.4 is 0 Å². The lowest BCUT2D eigenvalue weighted by molar-refractivity contribution is 0.247. The summed E-state index contributed by atoms with van der Waals surface area (Å²) >= 11 is 1.75. The van der Waals surface area contributed by atoms with Gasteiger partial charge in [-0.25, -0.2) is 4.98 Å². The number of nitrogens with zero attached hydrogens (tertiary/aromatic N) is 3. The molecular formula is C14H25N3S. The topological polar surface area (TPSA) is 19.4 Å². The molecule has 18 heavy (non-hydrogen) atoms. The predicted octanol–water partition coefficient (Wildman–Crippen LogP) is 2.55. The van der Waals surface area contributed by atoms with Crippen molar-refractivity contribution in [3.8, 4) is 0 Å². The maximum Gasteiger partial charge on any atom is 0.107 e. The molecule has 1 aliphatic rings. The molecule has 3 nitrogen and oxygen atoms in total. The maximum atomic E-state index is 4.35. The Morgan fingerprint density at radius 1 is 1.56 bits per heavy atom. The first-order valence-electron chi connectivity index (χ1n) is 6.92. The molecule has 1 aromatic heterocycles. The lowest BCUT2D eigenvalue weighted by Gasteiger charge is -2.21. The molecule has 1 aromatic rings. The van der Waals surface area contributed by atoms with Gasteiger partial charge in [-0.15, -0.1) is 11.3 Å². The molecule has 0 spiro atoms. The largest absolute Gasteiger partial charge is 0.303 e. The summed E-state index contributed by atoms with van der Waals surface area (Å²) in [5.74, 6) is 1.63. The van der Waals surface area contributed by atoms with E-state index in [-0.39, 0.29) is 0 Å². The van der Waals surface area contributed by atoms with E-state index in [1.54, 1.807) is 11.3 Å². The first kappa shape index (κ1) is 14.0. The molecule has 1 atom stereocenters. The highest BCUT2D eigenvalue weighted by molar-refractivity contribution is 7.09.